The van der Waals surface area contributed by atoms with Gasteiger partial charge in [0.25, 0.3) is 5.91 Å². The van der Waals surface area contributed by atoms with Crippen LogP contribution >= 0.6 is 11.8 Å². The number of carbonyl (C=O) groups is 1. The number of carbonyl (C=O) groups excluding carboxylic acids is 1. The molecule has 0 spiro atoms. The fourth-order valence-electron chi connectivity index (χ4n) is 2.83. The van der Waals surface area contributed by atoms with Crippen LogP contribution < -0.4 is 5.32 Å². The maximum Gasteiger partial charge on any atom is 0.252 e. The number of nitrogens with one attached hydrogen (secondary N) is 1. The van der Waals surface area contributed by atoms with Gasteiger partial charge in [-0.2, -0.15) is 0 Å². The fourth-order valence-corrected chi connectivity index (χ4v) is 3.43. The summed E-state index contributed by atoms with van der Waals surface area (Å²) < 4.78 is 5.92. The number of amides is 1. The van der Waals surface area contributed by atoms with Gasteiger partial charge in [-0.15, -0.1) is 11.8 Å². The van der Waals surface area contributed by atoms with Gasteiger partial charge in [0.1, 0.15) is 0 Å². The monoisotopic (exact) mass is 307 g/mol. The number of hydrogen-bond acceptors (Lipinski definition) is 3. The quantitative estimate of drug-likeness (QED) is 0.643. The van der Waals surface area contributed by atoms with Crippen molar-refractivity contribution in [3.63, 3.8) is 0 Å². The molecule has 1 saturated carbocycles. The molecular formula is C17H25NO2S. The molecule has 116 valence electrons. The predicted octanol–water partition coefficient (Wildman–Crippen LogP) is 3.73. The molecule has 1 aliphatic rings. The van der Waals surface area contributed by atoms with Crippen LogP contribution in [0.5, 0.6) is 0 Å². The van der Waals surface area contributed by atoms with Crippen LogP contribution in [0.2, 0.25) is 0 Å². The van der Waals surface area contributed by atoms with Crippen LogP contribution in [0.4, 0.5) is 0 Å². The molecule has 2 atom stereocenters. The average Bonchev–Trinajstić information content (AvgIpc) is 2.52. The van der Waals surface area contributed by atoms with Crippen LogP contribution in [-0.2, 0) is 4.74 Å². The van der Waals surface area contributed by atoms with Crippen LogP contribution in [0.3, 0.4) is 0 Å². The molecule has 1 N–H and O–H groups in total. The lowest BCUT2D eigenvalue weighted by atomic mass is 9.88. The lowest BCUT2D eigenvalue weighted by Gasteiger charge is -2.28. The Kier molecular flexibility index (Phi) is 6.58. The van der Waals surface area contributed by atoms with Crippen LogP contribution in [0.25, 0.3) is 0 Å². The van der Waals surface area contributed by atoms with Crippen LogP contribution in [0.15, 0.2) is 29.2 Å². The Morgan fingerprint density at radius 1 is 1.33 bits per heavy atom. The third-order valence-corrected chi connectivity index (χ3v) is 4.90. The Bertz CT molecular complexity index is 464. The van der Waals surface area contributed by atoms with Gasteiger partial charge >= 0.3 is 0 Å². The normalized spacial score (nSPS) is 22.0. The zero-order valence-corrected chi connectivity index (χ0v) is 13.7. The summed E-state index contributed by atoms with van der Waals surface area (Å²) in [6.45, 7) is 3.43. The molecule has 0 aliphatic heterocycles. The Labute approximate surface area is 131 Å². The van der Waals surface area contributed by atoms with Crippen molar-refractivity contribution in [1.82, 2.24) is 5.32 Å². The molecule has 0 saturated heterocycles. The van der Waals surface area contributed by atoms with E-state index in [4.69, 9.17) is 4.74 Å². The summed E-state index contributed by atoms with van der Waals surface area (Å²) in [5, 5.41) is 2.95. The average molecular weight is 307 g/mol. The topological polar surface area (TPSA) is 38.3 Å². The first-order valence-electron chi connectivity index (χ1n) is 7.75. The molecule has 0 unspecified atom stereocenters. The Hall–Kier alpha value is -1.00. The van der Waals surface area contributed by atoms with E-state index >= 15 is 0 Å². The number of hydrogen-bond donors (Lipinski definition) is 1. The van der Waals surface area contributed by atoms with Crippen molar-refractivity contribution in [1.29, 1.82) is 0 Å². The van der Waals surface area contributed by atoms with Crippen molar-refractivity contribution in [2.45, 2.75) is 43.6 Å². The molecule has 1 aromatic carbocycles. The maximum absolute atomic E-state index is 12.2. The standard InChI is InChI=1S/C17H25NO2S/c1-13-7-3-5-9-15(13)20-12-11-18-17(19)14-8-4-6-10-16(14)21-2/h4,6,8,10,13,15H,3,5,7,9,11-12H2,1-2H3,(H,18,19)/t13-,15+/m0/s1. The molecular weight excluding hydrogens is 282 g/mol. The second-order valence-corrected chi connectivity index (χ2v) is 6.48. The first-order valence-corrected chi connectivity index (χ1v) is 8.97. The van der Waals surface area contributed by atoms with Crippen molar-refractivity contribution in [2.24, 2.45) is 5.92 Å². The Morgan fingerprint density at radius 2 is 2.10 bits per heavy atom. The van der Waals surface area contributed by atoms with Crippen molar-refractivity contribution >= 4 is 17.7 Å². The Balaban J connectivity index is 1.74. The van der Waals surface area contributed by atoms with Gasteiger partial charge < -0.3 is 10.1 Å². The van der Waals surface area contributed by atoms with E-state index in [9.17, 15) is 4.79 Å². The molecule has 0 aromatic heterocycles. The molecule has 3 nitrogen and oxygen atoms in total. The first-order chi connectivity index (χ1) is 10.2. The first kappa shape index (κ1) is 16.4. The van der Waals surface area contributed by atoms with E-state index in [1.807, 2.05) is 30.5 Å². The predicted molar refractivity (Wildman–Crippen MR) is 87.9 cm³/mol. The summed E-state index contributed by atoms with van der Waals surface area (Å²) >= 11 is 1.59. The minimum Gasteiger partial charge on any atom is -0.376 e. The molecule has 2 rings (SSSR count). The van der Waals surface area contributed by atoms with Crippen LogP contribution in [-0.4, -0.2) is 31.4 Å². The van der Waals surface area contributed by atoms with E-state index in [2.05, 4.69) is 12.2 Å². The highest BCUT2D eigenvalue weighted by Gasteiger charge is 2.21. The number of thioether (sulfide) groups is 1. The van der Waals surface area contributed by atoms with Gasteiger partial charge in [-0.25, -0.2) is 0 Å². The number of rotatable bonds is 6. The third-order valence-electron chi connectivity index (χ3n) is 4.10. The highest BCUT2D eigenvalue weighted by molar-refractivity contribution is 7.98. The van der Waals surface area contributed by atoms with Gasteiger partial charge in [0.2, 0.25) is 0 Å². The number of benzene rings is 1. The highest BCUT2D eigenvalue weighted by atomic mass is 32.2. The molecule has 0 radical (unpaired) electrons. The van der Waals surface area contributed by atoms with Gasteiger partial charge in [-0.05, 0) is 37.1 Å². The summed E-state index contributed by atoms with van der Waals surface area (Å²) in [4.78, 5) is 13.2. The van der Waals surface area contributed by atoms with Gasteiger partial charge in [0.15, 0.2) is 0 Å². The SMILES string of the molecule is CSc1ccccc1C(=O)NCCO[C@@H]1CCCC[C@@H]1C. The van der Waals surface area contributed by atoms with Gasteiger partial charge in [0.05, 0.1) is 18.3 Å². The highest BCUT2D eigenvalue weighted by Crippen LogP contribution is 2.26. The minimum atomic E-state index is -0.0137. The molecule has 0 bridgehead atoms. The zero-order valence-electron chi connectivity index (χ0n) is 12.9. The van der Waals surface area contributed by atoms with Crippen molar-refractivity contribution in [2.75, 3.05) is 19.4 Å². The maximum atomic E-state index is 12.2. The lowest BCUT2D eigenvalue weighted by molar-refractivity contribution is -0.00294. The molecule has 0 heterocycles. The van der Waals surface area contributed by atoms with Gasteiger partial charge in [-0.1, -0.05) is 31.9 Å². The Morgan fingerprint density at radius 3 is 2.86 bits per heavy atom. The van der Waals surface area contributed by atoms with Crippen molar-refractivity contribution in [3.05, 3.63) is 29.8 Å². The summed E-state index contributed by atoms with van der Waals surface area (Å²) in [6, 6.07) is 7.69. The molecule has 4 heteroatoms. The van der Waals surface area contributed by atoms with E-state index in [1.165, 1.54) is 19.3 Å². The van der Waals surface area contributed by atoms with E-state index in [1.54, 1.807) is 11.8 Å². The lowest BCUT2D eigenvalue weighted by Crippen LogP contribution is -2.32. The minimum absolute atomic E-state index is 0.0137. The van der Waals surface area contributed by atoms with Gasteiger partial charge in [0, 0.05) is 11.4 Å². The smallest absolute Gasteiger partial charge is 0.252 e. The fraction of sp³-hybridized carbons (Fsp3) is 0.588. The molecule has 1 aromatic rings. The molecule has 1 fully saturated rings. The van der Waals surface area contributed by atoms with Crippen LogP contribution in [0.1, 0.15) is 43.0 Å². The summed E-state index contributed by atoms with van der Waals surface area (Å²) in [6.07, 6.45) is 7.36. The third kappa shape index (κ3) is 4.75. The zero-order chi connectivity index (χ0) is 15.1. The largest absolute Gasteiger partial charge is 0.376 e. The second kappa shape index (κ2) is 8.44. The van der Waals surface area contributed by atoms with Crippen molar-refractivity contribution < 1.29 is 9.53 Å². The second-order valence-electron chi connectivity index (χ2n) is 5.63. The summed E-state index contributed by atoms with van der Waals surface area (Å²) in [5.74, 6) is 0.631. The van der Waals surface area contributed by atoms with E-state index in [0.29, 0.717) is 25.2 Å². The van der Waals surface area contributed by atoms with E-state index in [0.717, 1.165) is 16.9 Å². The van der Waals surface area contributed by atoms with Crippen molar-refractivity contribution in [3.8, 4) is 0 Å². The summed E-state index contributed by atoms with van der Waals surface area (Å²) in [5.41, 5.74) is 0.746. The van der Waals surface area contributed by atoms with E-state index in [-0.39, 0.29) is 5.91 Å². The van der Waals surface area contributed by atoms with E-state index < -0.39 is 0 Å². The van der Waals surface area contributed by atoms with Gasteiger partial charge in [-0.3, -0.25) is 4.79 Å². The van der Waals surface area contributed by atoms with Crippen LogP contribution in [0, 0.1) is 5.92 Å². The molecule has 1 amide bonds. The molecule has 1 aliphatic carbocycles. The summed E-state index contributed by atoms with van der Waals surface area (Å²) in [7, 11) is 0. The number of ether oxygens (including phenoxy) is 1. The molecule has 21 heavy (non-hydrogen) atoms.